The largest absolute Gasteiger partial charge is 0.496 e. The molecule has 0 heterocycles. The van der Waals surface area contributed by atoms with E-state index in [0.29, 0.717) is 5.92 Å². The number of rotatable bonds is 1. The van der Waals surface area contributed by atoms with Crippen LogP contribution in [0, 0.1) is 5.92 Å². The fraction of sp³-hybridized carbons (Fsp3) is 0.455. The lowest BCUT2D eigenvalue weighted by atomic mass is 10.1. The molecule has 0 aliphatic heterocycles. The van der Waals surface area contributed by atoms with Crippen molar-refractivity contribution >= 4 is 11.6 Å². The smallest absolute Gasteiger partial charge is 0.122 e. The Hall–Kier alpha value is -0.690. The zero-order valence-corrected chi connectivity index (χ0v) is 8.64. The predicted octanol–water partition coefficient (Wildman–Crippen LogP) is 3.17. The summed E-state index contributed by atoms with van der Waals surface area (Å²) < 4.78 is 5.30. The molecule has 2 rings (SSSR count). The number of fused-ring (bicyclic) bond motifs is 1. The molecule has 0 radical (unpaired) electrons. The van der Waals surface area contributed by atoms with Crippen LogP contribution < -0.4 is 4.74 Å². The zero-order chi connectivity index (χ0) is 9.42. The third-order valence-corrected chi connectivity index (χ3v) is 3.38. The summed E-state index contributed by atoms with van der Waals surface area (Å²) in [5, 5.41) is 0.157. The van der Waals surface area contributed by atoms with Gasteiger partial charge in [0.1, 0.15) is 5.75 Å². The highest BCUT2D eigenvalue weighted by atomic mass is 35.5. The van der Waals surface area contributed by atoms with Gasteiger partial charge in [-0.3, -0.25) is 0 Å². The van der Waals surface area contributed by atoms with E-state index < -0.39 is 0 Å². The van der Waals surface area contributed by atoms with Gasteiger partial charge in [0.2, 0.25) is 0 Å². The molecule has 13 heavy (non-hydrogen) atoms. The number of ether oxygens (including phenoxy) is 1. The van der Waals surface area contributed by atoms with Gasteiger partial charge in [-0.1, -0.05) is 19.1 Å². The van der Waals surface area contributed by atoms with Gasteiger partial charge in [-0.05, 0) is 29.5 Å². The lowest BCUT2D eigenvalue weighted by molar-refractivity contribution is 0.409. The first-order valence-corrected chi connectivity index (χ1v) is 4.97. The van der Waals surface area contributed by atoms with E-state index in [1.165, 1.54) is 11.1 Å². The van der Waals surface area contributed by atoms with Gasteiger partial charge in [-0.2, -0.15) is 0 Å². The van der Waals surface area contributed by atoms with E-state index in [0.717, 1.165) is 12.2 Å². The number of halogens is 1. The van der Waals surface area contributed by atoms with Gasteiger partial charge in [0.15, 0.2) is 0 Å². The van der Waals surface area contributed by atoms with Gasteiger partial charge in [-0.25, -0.2) is 0 Å². The average molecular weight is 197 g/mol. The number of methoxy groups -OCH3 is 1. The normalized spacial score (nSPS) is 25.8. The van der Waals surface area contributed by atoms with Crippen LogP contribution in [0.4, 0.5) is 0 Å². The molecule has 0 bridgehead atoms. The monoisotopic (exact) mass is 196 g/mol. The number of alkyl halides is 1. The topological polar surface area (TPSA) is 9.23 Å². The highest BCUT2D eigenvalue weighted by Gasteiger charge is 2.29. The molecular weight excluding hydrogens is 184 g/mol. The van der Waals surface area contributed by atoms with Crippen LogP contribution in [0.15, 0.2) is 18.2 Å². The fourth-order valence-electron chi connectivity index (χ4n) is 1.98. The Morgan fingerprint density at radius 2 is 2.23 bits per heavy atom. The molecule has 1 aliphatic carbocycles. The summed E-state index contributed by atoms with van der Waals surface area (Å²) >= 11 is 6.27. The van der Waals surface area contributed by atoms with E-state index in [1.54, 1.807) is 7.11 Å². The van der Waals surface area contributed by atoms with Gasteiger partial charge in [0.05, 0.1) is 12.5 Å². The van der Waals surface area contributed by atoms with Gasteiger partial charge < -0.3 is 4.74 Å². The molecule has 2 atom stereocenters. The quantitative estimate of drug-likeness (QED) is 0.627. The summed E-state index contributed by atoms with van der Waals surface area (Å²) in [5.74, 6) is 1.50. The van der Waals surface area contributed by atoms with Gasteiger partial charge in [0.25, 0.3) is 0 Å². The third kappa shape index (κ3) is 1.31. The Bertz CT molecular complexity index is 322. The first-order valence-electron chi connectivity index (χ1n) is 4.54. The van der Waals surface area contributed by atoms with Crippen molar-refractivity contribution in [2.75, 3.05) is 7.11 Å². The first-order chi connectivity index (χ1) is 6.24. The summed E-state index contributed by atoms with van der Waals surface area (Å²) in [5.41, 5.74) is 2.53. The van der Waals surface area contributed by atoms with Gasteiger partial charge >= 0.3 is 0 Å². The van der Waals surface area contributed by atoms with Crippen LogP contribution in [0.2, 0.25) is 0 Å². The molecule has 1 nitrogen and oxygen atoms in total. The van der Waals surface area contributed by atoms with Crippen LogP contribution in [-0.2, 0) is 6.42 Å². The third-order valence-electron chi connectivity index (χ3n) is 2.71. The molecule has 0 spiro atoms. The minimum Gasteiger partial charge on any atom is -0.496 e. The molecule has 1 aromatic rings. The average Bonchev–Trinajstić information content (AvgIpc) is 2.43. The van der Waals surface area contributed by atoms with Crippen molar-refractivity contribution in [2.45, 2.75) is 18.7 Å². The van der Waals surface area contributed by atoms with E-state index in [4.69, 9.17) is 16.3 Å². The standard InChI is InChI=1S/C11H13ClO/c1-7-6-9-8(11(7)12)4-3-5-10(9)13-2/h3-5,7,11H,6H2,1-2H3. The van der Waals surface area contributed by atoms with Crippen LogP contribution in [0.5, 0.6) is 5.75 Å². The second-order valence-electron chi connectivity index (χ2n) is 3.61. The maximum atomic E-state index is 6.27. The van der Waals surface area contributed by atoms with E-state index in [1.807, 2.05) is 12.1 Å². The van der Waals surface area contributed by atoms with E-state index in [-0.39, 0.29) is 5.38 Å². The number of benzene rings is 1. The van der Waals surface area contributed by atoms with Crippen LogP contribution in [-0.4, -0.2) is 7.11 Å². The molecule has 0 saturated carbocycles. The second kappa shape index (κ2) is 3.22. The molecule has 1 aliphatic rings. The Morgan fingerprint density at radius 1 is 1.46 bits per heavy atom. The molecule has 2 unspecified atom stereocenters. The Balaban J connectivity index is 2.49. The first kappa shape index (κ1) is 8.89. The molecule has 0 aromatic heterocycles. The Labute approximate surface area is 83.7 Å². The van der Waals surface area contributed by atoms with Gasteiger partial charge in [0, 0.05) is 0 Å². The SMILES string of the molecule is COc1cccc2c1CC(C)C2Cl. The summed E-state index contributed by atoms with van der Waals surface area (Å²) in [6.07, 6.45) is 1.04. The fourth-order valence-corrected chi connectivity index (χ4v) is 2.28. The number of hydrogen-bond acceptors (Lipinski definition) is 1. The summed E-state index contributed by atoms with van der Waals surface area (Å²) in [4.78, 5) is 0. The van der Waals surface area contributed by atoms with Crippen molar-refractivity contribution in [1.29, 1.82) is 0 Å². The summed E-state index contributed by atoms with van der Waals surface area (Å²) in [6, 6.07) is 6.10. The van der Waals surface area contributed by atoms with Crippen LogP contribution >= 0.6 is 11.6 Å². The molecule has 0 N–H and O–H groups in total. The van der Waals surface area contributed by atoms with Crippen LogP contribution in [0.25, 0.3) is 0 Å². The minimum atomic E-state index is 0.157. The van der Waals surface area contributed by atoms with Crippen molar-refractivity contribution in [2.24, 2.45) is 5.92 Å². The highest BCUT2D eigenvalue weighted by molar-refractivity contribution is 6.21. The summed E-state index contributed by atoms with van der Waals surface area (Å²) in [6.45, 7) is 2.18. The number of hydrogen-bond donors (Lipinski definition) is 0. The molecule has 0 fully saturated rings. The van der Waals surface area contributed by atoms with E-state index in [2.05, 4.69) is 13.0 Å². The zero-order valence-electron chi connectivity index (χ0n) is 7.88. The van der Waals surface area contributed by atoms with Crippen molar-refractivity contribution in [3.63, 3.8) is 0 Å². The molecule has 1 aromatic carbocycles. The van der Waals surface area contributed by atoms with Crippen molar-refractivity contribution in [3.8, 4) is 5.75 Å². The molecule has 0 amide bonds. The maximum absolute atomic E-state index is 6.27. The second-order valence-corrected chi connectivity index (χ2v) is 4.08. The van der Waals surface area contributed by atoms with E-state index >= 15 is 0 Å². The Morgan fingerprint density at radius 3 is 2.92 bits per heavy atom. The Kier molecular flexibility index (Phi) is 2.20. The molecular formula is C11H13ClO. The van der Waals surface area contributed by atoms with Crippen molar-refractivity contribution in [1.82, 2.24) is 0 Å². The van der Waals surface area contributed by atoms with Crippen molar-refractivity contribution < 1.29 is 4.74 Å². The lowest BCUT2D eigenvalue weighted by Crippen LogP contribution is -1.94. The molecule has 70 valence electrons. The predicted molar refractivity (Wildman–Crippen MR) is 54.5 cm³/mol. The maximum Gasteiger partial charge on any atom is 0.122 e. The lowest BCUT2D eigenvalue weighted by Gasteiger charge is -2.07. The minimum absolute atomic E-state index is 0.157. The van der Waals surface area contributed by atoms with Gasteiger partial charge in [-0.15, -0.1) is 11.6 Å². The van der Waals surface area contributed by atoms with Crippen LogP contribution in [0.3, 0.4) is 0 Å². The van der Waals surface area contributed by atoms with E-state index in [9.17, 15) is 0 Å². The molecule has 0 saturated heterocycles. The van der Waals surface area contributed by atoms with Crippen molar-refractivity contribution in [3.05, 3.63) is 29.3 Å². The molecule has 2 heteroatoms. The summed E-state index contributed by atoms with van der Waals surface area (Å²) in [7, 11) is 1.71. The van der Waals surface area contributed by atoms with Crippen LogP contribution in [0.1, 0.15) is 23.4 Å². The highest BCUT2D eigenvalue weighted by Crippen LogP contribution is 2.43.